The standard InChI is InChI=1S/C37H34ClN7O7/c1-23-18-44(36(49)39-33(23)46)32-17-30(45-20-27(41-42-45)19-43-21-29(38)34(47)40-35(43)48)31(52-32)22-51-37(24-9-5-3-6-10-24,25-11-7-4-8-12-25)26-13-15-28(50-2)16-14-26/h3-16,18,20-21,30-32H,17,19,22H2,1-2H3,(H,39,46,49)(H,40,47,48). The average molecular weight is 724 g/mol. The minimum Gasteiger partial charge on any atom is -0.497 e. The third-order valence-electron chi connectivity index (χ3n) is 9.18. The molecule has 1 fully saturated rings. The van der Waals surface area contributed by atoms with Crippen LogP contribution in [0.2, 0.25) is 5.02 Å². The normalized spacial score (nSPS) is 17.3. The number of nitrogens with zero attached hydrogens (tertiary/aromatic N) is 5. The van der Waals surface area contributed by atoms with Gasteiger partial charge >= 0.3 is 11.4 Å². The Morgan fingerprint density at radius 2 is 1.48 bits per heavy atom. The molecule has 0 amide bonds. The summed E-state index contributed by atoms with van der Waals surface area (Å²) in [4.78, 5) is 54.0. The van der Waals surface area contributed by atoms with Gasteiger partial charge in [0.25, 0.3) is 11.1 Å². The molecule has 1 aliphatic heterocycles. The van der Waals surface area contributed by atoms with Gasteiger partial charge in [-0.25, -0.2) is 14.3 Å². The van der Waals surface area contributed by atoms with E-state index in [2.05, 4.69) is 20.3 Å². The lowest BCUT2D eigenvalue weighted by atomic mass is 9.80. The van der Waals surface area contributed by atoms with Gasteiger partial charge in [0.1, 0.15) is 34.4 Å². The second-order valence-electron chi connectivity index (χ2n) is 12.4. The van der Waals surface area contributed by atoms with E-state index < -0.39 is 46.5 Å². The number of halogens is 1. The van der Waals surface area contributed by atoms with Crippen molar-refractivity contribution in [2.75, 3.05) is 13.7 Å². The first-order chi connectivity index (χ1) is 25.2. The number of aryl methyl sites for hydroxylation is 1. The molecule has 2 N–H and O–H groups in total. The van der Waals surface area contributed by atoms with Crippen LogP contribution in [-0.2, 0) is 21.6 Å². The Labute approximate surface area is 300 Å². The van der Waals surface area contributed by atoms with Crippen molar-refractivity contribution in [1.82, 2.24) is 34.1 Å². The van der Waals surface area contributed by atoms with Crippen LogP contribution in [0.5, 0.6) is 5.75 Å². The summed E-state index contributed by atoms with van der Waals surface area (Å²) in [5.41, 5.74) is -0.194. The number of ether oxygens (including phenoxy) is 3. The van der Waals surface area contributed by atoms with E-state index in [0.717, 1.165) is 16.7 Å². The van der Waals surface area contributed by atoms with E-state index in [1.807, 2.05) is 84.9 Å². The van der Waals surface area contributed by atoms with Crippen LogP contribution in [0.15, 0.2) is 123 Å². The minimum absolute atomic E-state index is 0.0192. The van der Waals surface area contributed by atoms with Gasteiger partial charge in [0.15, 0.2) is 0 Å². The number of nitrogens with one attached hydrogen (secondary N) is 2. The highest BCUT2D eigenvalue weighted by molar-refractivity contribution is 6.30. The molecule has 0 bridgehead atoms. The van der Waals surface area contributed by atoms with E-state index in [9.17, 15) is 19.2 Å². The lowest BCUT2D eigenvalue weighted by Gasteiger charge is -2.37. The third kappa shape index (κ3) is 6.66. The summed E-state index contributed by atoms with van der Waals surface area (Å²) < 4.78 is 23.4. The number of H-pyrrole nitrogens is 2. The largest absolute Gasteiger partial charge is 0.497 e. The number of rotatable bonds is 11. The maximum absolute atomic E-state index is 13.0. The fourth-order valence-corrected chi connectivity index (χ4v) is 6.73. The zero-order valence-electron chi connectivity index (χ0n) is 28.1. The number of aromatic amines is 2. The first-order valence-corrected chi connectivity index (χ1v) is 16.8. The van der Waals surface area contributed by atoms with Gasteiger partial charge in [-0.3, -0.25) is 28.7 Å². The Hall–Kier alpha value is -5.83. The maximum atomic E-state index is 13.0. The van der Waals surface area contributed by atoms with Crippen LogP contribution in [0.25, 0.3) is 0 Å². The van der Waals surface area contributed by atoms with Crippen LogP contribution in [0.1, 0.15) is 46.6 Å². The summed E-state index contributed by atoms with van der Waals surface area (Å²) >= 11 is 5.98. The molecule has 7 rings (SSSR count). The fraction of sp³-hybridized carbons (Fsp3) is 0.243. The van der Waals surface area contributed by atoms with E-state index >= 15 is 0 Å². The second kappa shape index (κ2) is 14.4. The molecule has 1 aliphatic rings. The van der Waals surface area contributed by atoms with Crippen LogP contribution in [-0.4, -0.2) is 53.9 Å². The molecule has 0 aliphatic carbocycles. The van der Waals surface area contributed by atoms with Crippen LogP contribution >= 0.6 is 11.6 Å². The van der Waals surface area contributed by atoms with Crippen molar-refractivity contribution in [3.63, 3.8) is 0 Å². The predicted molar refractivity (Wildman–Crippen MR) is 191 cm³/mol. The number of aromatic nitrogens is 7. The molecule has 15 heteroatoms. The van der Waals surface area contributed by atoms with Crippen LogP contribution in [0.3, 0.4) is 0 Å². The summed E-state index contributed by atoms with van der Waals surface area (Å²) in [7, 11) is 1.61. The van der Waals surface area contributed by atoms with Gasteiger partial charge in [0, 0.05) is 24.4 Å². The average Bonchev–Trinajstić information content (AvgIpc) is 3.81. The van der Waals surface area contributed by atoms with Gasteiger partial charge < -0.3 is 14.2 Å². The van der Waals surface area contributed by atoms with Crippen molar-refractivity contribution in [3.05, 3.63) is 178 Å². The smallest absolute Gasteiger partial charge is 0.330 e. The molecule has 0 radical (unpaired) electrons. The first-order valence-electron chi connectivity index (χ1n) is 16.4. The highest BCUT2D eigenvalue weighted by atomic mass is 35.5. The summed E-state index contributed by atoms with van der Waals surface area (Å²) in [6.07, 6.45) is 3.16. The van der Waals surface area contributed by atoms with Crippen molar-refractivity contribution in [2.45, 2.75) is 43.9 Å². The molecule has 3 unspecified atom stereocenters. The van der Waals surface area contributed by atoms with Crippen molar-refractivity contribution < 1.29 is 14.2 Å². The van der Waals surface area contributed by atoms with E-state index in [1.165, 1.54) is 21.5 Å². The number of hydrogen-bond acceptors (Lipinski definition) is 9. The monoisotopic (exact) mass is 723 g/mol. The van der Waals surface area contributed by atoms with Gasteiger partial charge in [-0.15, -0.1) is 5.10 Å². The summed E-state index contributed by atoms with van der Waals surface area (Å²) in [5, 5.41) is 8.53. The van der Waals surface area contributed by atoms with Crippen LogP contribution < -0.4 is 27.2 Å². The molecule has 3 atom stereocenters. The molecule has 0 spiro atoms. The molecular formula is C37H34ClN7O7. The van der Waals surface area contributed by atoms with Gasteiger partial charge in [-0.2, -0.15) is 0 Å². The van der Waals surface area contributed by atoms with Gasteiger partial charge in [0.2, 0.25) is 0 Å². The molecule has 4 heterocycles. The Morgan fingerprint density at radius 3 is 2.13 bits per heavy atom. The lowest BCUT2D eigenvalue weighted by molar-refractivity contribution is -0.0843. The summed E-state index contributed by atoms with van der Waals surface area (Å²) in [6.45, 7) is 1.62. The highest BCUT2D eigenvalue weighted by Crippen LogP contribution is 2.43. The molecule has 0 saturated carbocycles. The highest BCUT2D eigenvalue weighted by Gasteiger charge is 2.43. The number of methoxy groups -OCH3 is 1. The zero-order chi connectivity index (χ0) is 36.4. The molecule has 1 saturated heterocycles. The molecule has 14 nitrogen and oxygen atoms in total. The Balaban J connectivity index is 1.29. The van der Waals surface area contributed by atoms with Gasteiger partial charge in [0.05, 0.1) is 32.5 Å². The zero-order valence-corrected chi connectivity index (χ0v) is 28.9. The SMILES string of the molecule is COc1ccc(C(OCC2OC(n3cc(C)c(=O)[nH]c3=O)CC2n2cc(Cn3cc(Cl)c(=O)[nH]c3=O)nn2)(c2ccccc2)c2ccccc2)cc1. The predicted octanol–water partition coefficient (Wildman–Crippen LogP) is 3.53. The van der Waals surface area contributed by atoms with E-state index in [0.29, 0.717) is 17.0 Å². The third-order valence-corrected chi connectivity index (χ3v) is 9.45. The maximum Gasteiger partial charge on any atom is 0.330 e. The van der Waals surface area contributed by atoms with Crippen LogP contribution in [0, 0.1) is 6.92 Å². The quantitative estimate of drug-likeness (QED) is 0.190. The van der Waals surface area contributed by atoms with Crippen molar-refractivity contribution in [3.8, 4) is 5.75 Å². The van der Waals surface area contributed by atoms with E-state index in [4.69, 9.17) is 25.8 Å². The molecule has 3 aromatic heterocycles. The van der Waals surface area contributed by atoms with Gasteiger partial charge in [-0.05, 0) is 35.7 Å². The molecule has 52 heavy (non-hydrogen) atoms. The number of benzene rings is 3. The van der Waals surface area contributed by atoms with E-state index in [-0.39, 0.29) is 24.6 Å². The number of hydrogen-bond donors (Lipinski definition) is 2. The van der Waals surface area contributed by atoms with Gasteiger partial charge in [-0.1, -0.05) is 89.6 Å². The first kappa shape index (κ1) is 34.6. The Kier molecular flexibility index (Phi) is 9.60. The second-order valence-corrected chi connectivity index (χ2v) is 12.8. The van der Waals surface area contributed by atoms with Crippen molar-refractivity contribution in [2.24, 2.45) is 0 Å². The van der Waals surface area contributed by atoms with Crippen LogP contribution in [0.4, 0.5) is 0 Å². The molecular weight excluding hydrogens is 690 g/mol. The van der Waals surface area contributed by atoms with Crippen molar-refractivity contribution >= 4 is 11.6 Å². The summed E-state index contributed by atoms with van der Waals surface area (Å²) in [5.74, 6) is 0.691. The summed E-state index contributed by atoms with van der Waals surface area (Å²) in [6, 6.07) is 26.9. The minimum atomic E-state index is -1.11. The Bertz CT molecular complexity index is 2380. The Morgan fingerprint density at radius 1 is 0.846 bits per heavy atom. The van der Waals surface area contributed by atoms with Crippen molar-refractivity contribution in [1.29, 1.82) is 0 Å². The molecule has 3 aromatic carbocycles. The lowest BCUT2D eigenvalue weighted by Crippen LogP contribution is -2.37. The topological polar surface area (TPSA) is 168 Å². The molecule has 6 aromatic rings. The van der Waals surface area contributed by atoms with E-state index in [1.54, 1.807) is 24.9 Å². The fourth-order valence-electron chi connectivity index (χ4n) is 6.57. The molecule has 266 valence electrons.